The van der Waals surface area contributed by atoms with Gasteiger partial charge in [0, 0.05) is 70.5 Å². The van der Waals surface area contributed by atoms with Gasteiger partial charge in [0.25, 0.3) is 0 Å². The quantitative estimate of drug-likeness (QED) is 0.784. The first-order valence-corrected chi connectivity index (χ1v) is 10.6. The summed E-state index contributed by atoms with van der Waals surface area (Å²) in [6.45, 7) is 9.48. The number of piperidine rings is 1. The smallest absolute Gasteiger partial charge is 0.319 e. The van der Waals surface area contributed by atoms with Crippen LogP contribution in [-0.2, 0) is 19.6 Å². The van der Waals surface area contributed by atoms with Gasteiger partial charge >= 0.3 is 6.03 Å². The Morgan fingerprint density at radius 1 is 1.17 bits per heavy atom. The van der Waals surface area contributed by atoms with Crippen LogP contribution in [0.15, 0.2) is 12.4 Å². The predicted molar refractivity (Wildman–Crippen MR) is 109 cm³/mol. The van der Waals surface area contributed by atoms with Crippen LogP contribution in [-0.4, -0.2) is 79.0 Å². The van der Waals surface area contributed by atoms with E-state index in [0.717, 1.165) is 63.8 Å². The Morgan fingerprint density at radius 3 is 2.59 bits per heavy atom. The number of likely N-dealkylation sites (tertiary alicyclic amines) is 1. The van der Waals surface area contributed by atoms with Crippen molar-refractivity contribution in [2.75, 3.05) is 33.7 Å². The van der Waals surface area contributed by atoms with Gasteiger partial charge in [0.15, 0.2) is 0 Å². The zero-order chi connectivity index (χ0) is 20.5. The van der Waals surface area contributed by atoms with E-state index < -0.39 is 0 Å². The van der Waals surface area contributed by atoms with Crippen molar-refractivity contribution >= 4 is 6.03 Å². The Bertz CT molecular complexity index is 847. The molecule has 158 valence electrons. The Balaban J connectivity index is 1.37. The molecule has 2 amide bonds. The highest BCUT2D eigenvalue weighted by Crippen LogP contribution is 2.29. The van der Waals surface area contributed by atoms with E-state index in [4.69, 9.17) is 0 Å². The number of aromatic nitrogens is 5. The van der Waals surface area contributed by atoms with Gasteiger partial charge in [0.1, 0.15) is 11.6 Å². The van der Waals surface area contributed by atoms with Crippen LogP contribution in [0, 0.1) is 0 Å². The third kappa shape index (κ3) is 4.14. The molecule has 1 saturated heterocycles. The fraction of sp³-hybridized carbons (Fsp3) is 0.700. The summed E-state index contributed by atoms with van der Waals surface area (Å²) in [6.07, 6.45) is 6.01. The highest BCUT2D eigenvalue weighted by Gasteiger charge is 2.30. The highest BCUT2D eigenvalue weighted by molar-refractivity contribution is 5.73. The molecule has 2 aliphatic rings. The molecule has 4 rings (SSSR count). The van der Waals surface area contributed by atoms with Crippen molar-refractivity contribution in [3.8, 4) is 0 Å². The monoisotopic (exact) mass is 400 g/mol. The Kier molecular flexibility index (Phi) is 5.58. The minimum Gasteiger partial charge on any atom is -0.331 e. The first-order valence-electron chi connectivity index (χ1n) is 10.6. The van der Waals surface area contributed by atoms with E-state index in [9.17, 15) is 4.79 Å². The Hall–Kier alpha value is -2.42. The van der Waals surface area contributed by atoms with Gasteiger partial charge in [0.2, 0.25) is 0 Å². The molecular weight excluding hydrogens is 368 g/mol. The summed E-state index contributed by atoms with van der Waals surface area (Å²) in [5.74, 6) is 2.54. The molecule has 0 bridgehead atoms. The molecule has 0 aromatic carbocycles. The van der Waals surface area contributed by atoms with Crippen LogP contribution in [0.3, 0.4) is 0 Å². The van der Waals surface area contributed by atoms with E-state index in [0.29, 0.717) is 12.0 Å². The maximum atomic E-state index is 12.2. The van der Waals surface area contributed by atoms with Crippen LogP contribution in [0.5, 0.6) is 0 Å². The van der Waals surface area contributed by atoms with Crippen molar-refractivity contribution in [3.63, 3.8) is 0 Å². The minimum absolute atomic E-state index is 0.100. The van der Waals surface area contributed by atoms with E-state index in [2.05, 4.69) is 44.8 Å². The third-order valence-corrected chi connectivity index (χ3v) is 5.96. The predicted octanol–water partition coefficient (Wildman–Crippen LogP) is 1.93. The summed E-state index contributed by atoms with van der Waals surface area (Å²) in [6, 6.07) is 0.485. The molecule has 0 atom stereocenters. The molecule has 4 heterocycles. The number of urea groups is 1. The first kappa shape index (κ1) is 19.9. The van der Waals surface area contributed by atoms with Crippen LogP contribution in [0.1, 0.15) is 55.9 Å². The maximum absolute atomic E-state index is 12.2. The zero-order valence-corrected chi connectivity index (χ0v) is 18.0. The number of hydrogen-bond donors (Lipinski definition) is 0. The molecule has 0 aliphatic carbocycles. The number of fused-ring (bicyclic) bond motifs is 1. The van der Waals surface area contributed by atoms with Crippen LogP contribution in [0.4, 0.5) is 4.79 Å². The van der Waals surface area contributed by atoms with Crippen LogP contribution in [0.2, 0.25) is 0 Å². The van der Waals surface area contributed by atoms with Crippen molar-refractivity contribution in [3.05, 3.63) is 29.6 Å². The lowest BCUT2D eigenvalue weighted by molar-refractivity contribution is 0.154. The standard InChI is InChI=1S/C20H32N8O/c1-15(2)28-13-16(11-21-28)12-25-9-10-27-18(14-25)22-23-19(27)17-5-7-26(8-6-17)20(29)24(3)4/h11,13,15,17H,5-10,12,14H2,1-4H3. The molecule has 0 unspecified atom stereocenters. The highest BCUT2D eigenvalue weighted by atomic mass is 16.2. The topological polar surface area (TPSA) is 75.3 Å². The lowest BCUT2D eigenvalue weighted by atomic mass is 9.96. The number of hydrogen-bond acceptors (Lipinski definition) is 5. The van der Waals surface area contributed by atoms with Crippen molar-refractivity contribution < 1.29 is 4.79 Å². The molecule has 0 N–H and O–H groups in total. The molecule has 0 saturated carbocycles. The van der Waals surface area contributed by atoms with Gasteiger partial charge in [-0.15, -0.1) is 10.2 Å². The summed E-state index contributed by atoms with van der Waals surface area (Å²) in [5, 5.41) is 13.5. The third-order valence-electron chi connectivity index (χ3n) is 5.96. The molecule has 1 fully saturated rings. The summed E-state index contributed by atoms with van der Waals surface area (Å²) in [7, 11) is 3.62. The van der Waals surface area contributed by atoms with E-state index in [-0.39, 0.29) is 6.03 Å². The summed E-state index contributed by atoms with van der Waals surface area (Å²) >= 11 is 0. The molecule has 0 radical (unpaired) electrons. The van der Waals surface area contributed by atoms with Crippen molar-refractivity contribution in [1.82, 2.24) is 39.2 Å². The molecule has 2 aliphatic heterocycles. The summed E-state index contributed by atoms with van der Waals surface area (Å²) in [5.41, 5.74) is 1.24. The molecule has 2 aromatic rings. The lowest BCUT2D eigenvalue weighted by Gasteiger charge is -2.34. The van der Waals surface area contributed by atoms with Crippen LogP contribution in [0.25, 0.3) is 0 Å². The van der Waals surface area contributed by atoms with E-state index in [1.165, 1.54) is 5.56 Å². The number of amides is 2. The van der Waals surface area contributed by atoms with Gasteiger partial charge in [-0.2, -0.15) is 5.10 Å². The Labute approximate surface area is 172 Å². The van der Waals surface area contributed by atoms with E-state index in [1.54, 1.807) is 4.90 Å². The van der Waals surface area contributed by atoms with Gasteiger partial charge in [0.05, 0.1) is 12.7 Å². The van der Waals surface area contributed by atoms with Gasteiger partial charge < -0.3 is 14.4 Å². The molecule has 0 spiro atoms. The van der Waals surface area contributed by atoms with E-state index >= 15 is 0 Å². The largest absolute Gasteiger partial charge is 0.331 e. The molecular formula is C20H32N8O. The van der Waals surface area contributed by atoms with Gasteiger partial charge in [-0.3, -0.25) is 9.58 Å². The SMILES string of the molecule is CC(C)n1cc(CN2CCn3c(nnc3C3CCN(C(=O)N(C)C)CC3)C2)cn1. The molecule has 9 heteroatoms. The fourth-order valence-electron chi connectivity index (χ4n) is 4.28. The van der Waals surface area contributed by atoms with Crippen LogP contribution >= 0.6 is 0 Å². The van der Waals surface area contributed by atoms with Gasteiger partial charge in [-0.25, -0.2) is 4.79 Å². The molecule has 29 heavy (non-hydrogen) atoms. The zero-order valence-electron chi connectivity index (χ0n) is 18.0. The lowest BCUT2D eigenvalue weighted by Crippen LogP contribution is -2.44. The second kappa shape index (κ2) is 8.14. The van der Waals surface area contributed by atoms with Gasteiger partial charge in [-0.05, 0) is 26.7 Å². The van der Waals surface area contributed by atoms with Gasteiger partial charge in [-0.1, -0.05) is 0 Å². The second-order valence-electron chi connectivity index (χ2n) is 8.70. The normalized spacial score (nSPS) is 18.3. The first-order chi connectivity index (χ1) is 13.9. The summed E-state index contributed by atoms with van der Waals surface area (Å²) in [4.78, 5) is 18.2. The number of carbonyl (C=O) groups excluding carboxylic acids is 1. The number of rotatable bonds is 4. The van der Waals surface area contributed by atoms with Crippen LogP contribution < -0.4 is 0 Å². The molecule has 9 nitrogen and oxygen atoms in total. The minimum atomic E-state index is 0.100. The van der Waals surface area contributed by atoms with Crippen molar-refractivity contribution in [1.29, 1.82) is 0 Å². The fourth-order valence-corrected chi connectivity index (χ4v) is 4.28. The number of nitrogens with zero attached hydrogens (tertiary/aromatic N) is 8. The van der Waals surface area contributed by atoms with E-state index in [1.807, 2.05) is 29.9 Å². The Morgan fingerprint density at radius 2 is 1.93 bits per heavy atom. The average molecular weight is 401 g/mol. The average Bonchev–Trinajstić information content (AvgIpc) is 3.34. The summed E-state index contributed by atoms with van der Waals surface area (Å²) < 4.78 is 4.31. The second-order valence-corrected chi connectivity index (χ2v) is 8.70. The maximum Gasteiger partial charge on any atom is 0.319 e. The van der Waals surface area contributed by atoms with Crippen molar-refractivity contribution in [2.45, 2.75) is 58.3 Å². The molecule has 2 aromatic heterocycles. The van der Waals surface area contributed by atoms with Crippen molar-refractivity contribution in [2.24, 2.45) is 0 Å². The number of carbonyl (C=O) groups is 1.